The van der Waals surface area contributed by atoms with Gasteiger partial charge in [0.2, 0.25) is 0 Å². The molecule has 0 amide bonds. The molecule has 31 heavy (non-hydrogen) atoms. The molecule has 2 aromatic rings. The highest BCUT2D eigenvalue weighted by Gasteiger charge is 2.24. The zero-order valence-corrected chi connectivity index (χ0v) is 18.7. The first kappa shape index (κ1) is 21.8. The minimum Gasteiger partial charge on any atom is -0.364 e. The quantitative estimate of drug-likeness (QED) is 0.518. The number of aromatic nitrogens is 1. The summed E-state index contributed by atoms with van der Waals surface area (Å²) in [5, 5.41) is 7.54. The largest absolute Gasteiger partial charge is 0.364 e. The van der Waals surface area contributed by atoms with Crippen LogP contribution in [0.3, 0.4) is 0 Å². The average molecular weight is 425 g/mol. The first-order valence-corrected chi connectivity index (χ1v) is 11.7. The summed E-state index contributed by atoms with van der Waals surface area (Å²) < 4.78 is 4.95. The van der Waals surface area contributed by atoms with E-state index in [1.807, 2.05) is 6.07 Å². The van der Waals surface area contributed by atoms with Crippen molar-refractivity contribution in [1.82, 2.24) is 25.2 Å². The van der Waals surface area contributed by atoms with Gasteiger partial charge >= 0.3 is 0 Å². The molecular formula is C24H36N6O. The monoisotopic (exact) mass is 424 g/mol. The Bertz CT molecular complexity index is 786. The summed E-state index contributed by atoms with van der Waals surface area (Å²) in [4.78, 5) is 12.5. The highest BCUT2D eigenvalue weighted by atomic mass is 16.5. The van der Waals surface area contributed by atoms with Crippen LogP contribution in [-0.2, 0) is 13.0 Å². The molecule has 0 spiro atoms. The van der Waals surface area contributed by atoms with Gasteiger partial charge in [-0.15, -0.1) is 0 Å². The van der Waals surface area contributed by atoms with Crippen molar-refractivity contribution in [2.45, 2.75) is 26.3 Å². The first-order chi connectivity index (χ1) is 15.3. The van der Waals surface area contributed by atoms with Gasteiger partial charge < -0.3 is 19.6 Å². The van der Waals surface area contributed by atoms with E-state index in [2.05, 4.69) is 62.4 Å². The second-order valence-corrected chi connectivity index (χ2v) is 8.64. The van der Waals surface area contributed by atoms with Crippen LogP contribution in [-0.4, -0.2) is 84.7 Å². The molecule has 2 aliphatic heterocycles. The SMILES string of the molecule is CCNC(=NCC1CCN(CCc2ccccc2)C1)N1CCN(Cc2ccon2)CC1. The highest BCUT2D eigenvalue weighted by molar-refractivity contribution is 5.80. The van der Waals surface area contributed by atoms with Gasteiger partial charge in [-0.1, -0.05) is 35.5 Å². The molecule has 0 radical (unpaired) electrons. The third-order valence-electron chi connectivity index (χ3n) is 6.31. The Kier molecular flexibility index (Phi) is 7.96. The number of likely N-dealkylation sites (tertiary alicyclic amines) is 1. The fourth-order valence-electron chi connectivity index (χ4n) is 4.50. The Morgan fingerprint density at radius 1 is 1.10 bits per heavy atom. The zero-order valence-electron chi connectivity index (χ0n) is 18.7. The van der Waals surface area contributed by atoms with E-state index in [0.29, 0.717) is 5.92 Å². The molecule has 1 unspecified atom stereocenters. The predicted molar refractivity (Wildman–Crippen MR) is 124 cm³/mol. The maximum absolute atomic E-state index is 5.03. The highest BCUT2D eigenvalue weighted by Crippen LogP contribution is 2.17. The van der Waals surface area contributed by atoms with E-state index in [1.165, 1.54) is 25.1 Å². The van der Waals surface area contributed by atoms with Crippen LogP contribution in [0, 0.1) is 5.92 Å². The van der Waals surface area contributed by atoms with E-state index in [0.717, 1.165) is 70.4 Å². The summed E-state index contributed by atoms with van der Waals surface area (Å²) in [5.41, 5.74) is 2.44. The van der Waals surface area contributed by atoms with Crippen molar-refractivity contribution < 1.29 is 4.52 Å². The second kappa shape index (κ2) is 11.3. The third-order valence-corrected chi connectivity index (χ3v) is 6.31. The summed E-state index contributed by atoms with van der Waals surface area (Å²) in [6, 6.07) is 12.8. The lowest BCUT2D eigenvalue weighted by Gasteiger charge is -2.36. The Morgan fingerprint density at radius 2 is 1.94 bits per heavy atom. The van der Waals surface area contributed by atoms with Crippen molar-refractivity contribution in [1.29, 1.82) is 0 Å². The van der Waals surface area contributed by atoms with Gasteiger partial charge in [0.1, 0.15) is 6.26 Å². The number of rotatable bonds is 8. The zero-order chi connectivity index (χ0) is 21.3. The van der Waals surface area contributed by atoms with E-state index in [1.54, 1.807) is 6.26 Å². The van der Waals surface area contributed by atoms with Gasteiger partial charge in [0.05, 0.1) is 5.69 Å². The molecule has 0 aliphatic carbocycles. The lowest BCUT2D eigenvalue weighted by molar-refractivity contribution is 0.169. The van der Waals surface area contributed by atoms with Gasteiger partial charge in [0.15, 0.2) is 5.96 Å². The number of hydrogen-bond acceptors (Lipinski definition) is 5. The maximum atomic E-state index is 5.03. The van der Waals surface area contributed by atoms with Crippen LogP contribution < -0.4 is 5.32 Å². The molecule has 1 N–H and O–H groups in total. The van der Waals surface area contributed by atoms with Crippen LogP contribution >= 0.6 is 0 Å². The van der Waals surface area contributed by atoms with Crippen molar-refractivity contribution in [2.75, 3.05) is 58.9 Å². The number of nitrogens with one attached hydrogen (secondary N) is 1. The van der Waals surface area contributed by atoms with Crippen LogP contribution in [0.5, 0.6) is 0 Å². The van der Waals surface area contributed by atoms with Crippen LogP contribution in [0.4, 0.5) is 0 Å². The summed E-state index contributed by atoms with van der Waals surface area (Å²) in [5.74, 6) is 1.74. The molecule has 2 fully saturated rings. The van der Waals surface area contributed by atoms with Gasteiger partial charge in [-0.05, 0) is 37.8 Å². The molecular weight excluding hydrogens is 388 g/mol. The number of hydrogen-bond donors (Lipinski definition) is 1. The van der Waals surface area contributed by atoms with E-state index >= 15 is 0 Å². The van der Waals surface area contributed by atoms with Crippen molar-refractivity contribution >= 4 is 5.96 Å². The van der Waals surface area contributed by atoms with Crippen molar-refractivity contribution in [2.24, 2.45) is 10.9 Å². The van der Waals surface area contributed by atoms with Crippen LogP contribution in [0.15, 0.2) is 52.2 Å². The molecule has 7 heteroatoms. The fourth-order valence-corrected chi connectivity index (χ4v) is 4.50. The molecule has 1 aromatic heterocycles. The minimum atomic E-state index is 0.665. The number of benzene rings is 1. The minimum absolute atomic E-state index is 0.665. The Balaban J connectivity index is 1.22. The first-order valence-electron chi connectivity index (χ1n) is 11.7. The van der Waals surface area contributed by atoms with Gasteiger partial charge in [0, 0.05) is 65.0 Å². The number of piperazine rings is 1. The van der Waals surface area contributed by atoms with Gasteiger partial charge in [-0.2, -0.15) is 0 Å². The fraction of sp³-hybridized carbons (Fsp3) is 0.583. The topological polar surface area (TPSA) is 60.1 Å². The Morgan fingerprint density at radius 3 is 2.68 bits per heavy atom. The average Bonchev–Trinajstić information content (AvgIpc) is 3.49. The number of guanidine groups is 1. The third kappa shape index (κ3) is 6.55. The molecule has 1 aromatic carbocycles. The molecule has 4 rings (SSSR count). The molecule has 0 saturated carbocycles. The number of aliphatic imine (C=N–C) groups is 1. The van der Waals surface area contributed by atoms with E-state index in [4.69, 9.17) is 9.52 Å². The summed E-state index contributed by atoms with van der Waals surface area (Å²) in [6.07, 6.45) is 4.04. The van der Waals surface area contributed by atoms with Crippen LogP contribution in [0.1, 0.15) is 24.6 Å². The normalized spacial score (nSPS) is 21.0. The van der Waals surface area contributed by atoms with Gasteiger partial charge in [-0.3, -0.25) is 9.89 Å². The van der Waals surface area contributed by atoms with Crippen LogP contribution in [0.25, 0.3) is 0 Å². The van der Waals surface area contributed by atoms with Crippen molar-refractivity contribution in [3.8, 4) is 0 Å². The second-order valence-electron chi connectivity index (χ2n) is 8.64. The summed E-state index contributed by atoms with van der Waals surface area (Å²) >= 11 is 0. The van der Waals surface area contributed by atoms with E-state index in [-0.39, 0.29) is 0 Å². The molecule has 2 aliphatic rings. The standard InChI is InChI=1S/C24H36N6O/c1-2-25-24(30-15-13-29(14-16-30)20-23-10-17-31-27-23)26-18-22-9-12-28(19-22)11-8-21-6-4-3-5-7-21/h3-7,10,17,22H,2,8-9,11-16,18-20H2,1H3,(H,25,26). The van der Waals surface area contributed by atoms with Gasteiger partial charge in [0.25, 0.3) is 0 Å². The van der Waals surface area contributed by atoms with E-state index < -0.39 is 0 Å². The lowest BCUT2D eigenvalue weighted by Crippen LogP contribution is -2.52. The lowest BCUT2D eigenvalue weighted by atomic mass is 10.1. The smallest absolute Gasteiger partial charge is 0.194 e. The van der Waals surface area contributed by atoms with E-state index in [9.17, 15) is 0 Å². The van der Waals surface area contributed by atoms with Crippen LogP contribution in [0.2, 0.25) is 0 Å². The Labute approximate surface area is 186 Å². The molecule has 3 heterocycles. The molecule has 7 nitrogen and oxygen atoms in total. The Hall–Kier alpha value is -2.38. The van der Waals surface area contributed by atoms with Gasteiger partial charge in [-0.25, -0.2) is 0 Å². The summed E-state index contributed by atoms with van der Waals surface area (Å²) in [6.45, 7) is 12.4. The molecule has 2 saturated heterocycles. The molecule has 168 valence electrons. The maximum Gasteiger partial charge on any atom is 0.194 e. The van der Waals surface area contributed by atoms with Crippen molar-refractivity contribution in [3.05, 3.63) is 53.9 Å². The number of nitrogens with zero attached hydrogens (tertiary/aromatic N) is 5. The molecule has 0 bridgehead atoms. The summed E-state index contributed by atoms with van der Waals surface area (Å²) in [7, 11) is 0. The van der Waals surface area contributed by atoms with Crippen molar-refractivity contribution in [3.63, 3.8) is 0 Å². The predicted octanol–water partition coefficient (Wildman–Crippen LogP) is 2.32. The molecule has 1 atom stereocenters.